The van der Waals surface area contributed by atoms with Crippen molar-refractivity contribution in [3.63, 3.8) is 0 Å². The number of aliphatic hydroxyl groups excluding tert-OH is 4. The van der Waals surface area contributed by atoms with Crippen molar-refractivity contribution in [3.8, 4) is 5.75 Å². The van der Waals surface area contributed by atoms with Crippen LogP contribution in [-0.4, -0.2) is 67.6 Å². The third-order valence-electron chi connectivity index (χ3n) is 4.32. The summed E-state index contributed by atoms with van der Waals surface area (Å²) in [4.78, 5) is 24.2. The normalized spacial score (nSPS) is 29.0. The molecule has 26 heavy (non-hydrogen) atoms. The molecule has 10 heteroatoms. The molecule has 0 radical (unpaired) electrons. The van der Waals surface area contributed by atoms with Crippen molar-refractivity contribution in [2.24, 2.45) is 0 Å². The minimum Gasteiger partial charge on any atom is -0.508 e. The fourth-order valence-electron chi connectivity index (χ4n) is 3.03. The van der Waals surface area contributed by atoms with Gasteiger partial charge >= 0.3 is 11.6 Å². The number of ether oxygens (including phenoxy) is 1. The Kier molecular flexibility index (Phi) is 4.69. The molecule has 6 N–H and O–H groups in total. The van der Waals surface area contributed by atoms with Crippen LogP contribution in [-0.2, 0) is 4.74 Å². The molecule has 140 valence electrons. The number of hydrogen-bond donors (Lipinski definition) is 6. The molecule has 0 saturated carbocycles. The van der Waals surface area contributed by atoms with E-state index >= 15 is 0 Å². The largest absolute Gasteiger partial charge is 0.508 e. The molecular formula is C16H16O10. The summed E-state index contributed by atoms with van der Waals surface area (Å²) in [6.07, 6.45) is -8.28. The average molecular weight is 368 g/mol. The zero-order valence-electron chi connectivity index (χ0n) is 13.1. The fourth-order valence-corrected chi connectivity index (χ4v) is 3.03. The molecule has 2 aromatic rings. The van der Waals surface area contributed by atoms with E-state index in [4.69, 9.17) is 9.15 Å². The summed E-state index contributed by atoms with van der Waals surface area (Å²) in [7, 11) is 0. The number of phenolic OH excluding ortho intramolecular Hbond substituents is 1. The molecule has 1 aliphatic rings. The number of carboxylic acid groups (broad SMARTS) is 1. The topological polar surface area (TPSA) is 178 Å². The second-order valence-corrected chi connectivity index (χ2v) is 5.91. The lowest BCUT2D eigenvalue weighted by Gasteiger charge is -2.40. The average Bonchev–Trinajstić information content (AvgIpc) is 2.59. The maximum Gasteiger partial charge on any atom is 0.343 e. The number of aliphatic hydroxyl groups is 4. The fraction of sp³-hybridized carbons (Fsp3) is 0.375. The first-order valence-electron chi connectivity index (χ1n) is 7.59. The van der Waals surface area contributed by atoms with Crippen molar-refractivity contribution in [2.45, 2.75) is 30.5 Å². The molecule has 5 atom stereocenters. The van der Waals surface area contributed by atoms with Crippen molar-refractivity contribution in [2.75, 3.05) is 6.61 Å². The van der Waals surface area contributed by atoms with E-state index in [1.54, 1.807) is 0 Å². The Balaban J connectivity index is 2.25. The van der Waals surface area contributed by atoms with Gasteiger partial charge in [-0.2, -0.15) is 0 Å². The summed E-state index contributed by atoms with van der Waals surface area (Å²) in [5, 5.41) is 58.2. The van der Waals surface area contributed by atoms with Crippen LogP contribution in [0.25, 0.3) is 11.0 Å². The Morgan fingerprint density at radius 2 is 1.81 bits per heavy atom. The van der Waals surface area contributed by atoms with Gasteiger partial charge in [-0.15, -0.1) is 0 Å². The zero-order chi connectivity index (χ0) is 19.2. The third kappa shape index (κ3) is 2.83. The highest BCUT2D eigenvalue weighted by molar-refractivity contribution is 6.03. The number of phenols is 1. The zero-order valence-corrected chi connectivity index (χ0v) is 13.1. The molecular weight excluding hydrogens is 352 g/mol. The maximum absolute atomic E-state index is 12.4. The van der Waals surface area contributed by atoms with Crippen LogP contribution in [0.15, 0.2) is 27.4 Å². The van der Waals surface area contributed by atoms with Crippen molar-refractivity contribution >= 4 is 16.9 Å². The van der Waals surface area contributed by atoms with Gasteiger partial charge in [-0.05, 0) is 12.1 Å². The number of aromatic carboxylic acids is 1. The van der Waals surface area contributed by atoms with Gasteiger partial charge in [0.05, 0.1) is 17.7 Å². The number of hydrogen-bond acceptors (Lipinski definition) is 9. The quantitative estimate of drug-likeness (QED) is 0.357. The lowest BCUT2D eigenvalue weighted by molar-refractivity contribution is -0.232. The highest BCUT2D eigenvalue weighted by Gasteiger charge is 2.46. The number of aromatic hydroxyl groups is 1. The van der Waals surface area contributed by atoms with Gasteiger partial charge in [-0.1, -0.05) is 0 Å². The highest BCUT2D eigenvalue weighted by Crippen LogP contribution is 2.35. The van der Waals surface area contributed by atoms with Gasteiger partial charge in [0, 0.05) is 11.5 Å². The molecule has 0 spiro atoms. The van der Waals surface area contributed by atoms with Crippen LogP contribution >= 0.6 is 0 Å². The minimum atomic E-state index is -1.84. The summed E-state index contributed by atoms with van der Waals surface area (Å²) in [5.74, 6) is -1.78. The molecule has 2 heterocycles. The minimum absolute atomic E-state index is 0.0399. The van der Waals surface area contributed by atoms with Crippen molar-refractivity contribution in [1.29, 1.82) is 0 Å². The molecule has 1 aliphatic heterocycles. The van der Waals surface area contributed by atoms with Gasteiger partial charge < -0.3 is 39.8 Å². The smallest absolute Gasteiger partial charge is 0.343 e. The number of fused-ring (bicyclic) bond motifs is 1. The molecule has 10 nitrogen and oxygen atoms in total. The summed E-state index contributed by atoms with van der Waals surface area (Å²) in [6, 6.07) is 3.46. The summed E-state index contributed by atoms with van der Waals surface area (Å²) in [6.45, 7) is -0.739. The number of rotatable bonds is 3. The molecule has 1 aromatic heterocycles. The van der Waals surface area contributed by atoms with Crippen LogP contribution in [0.5, 0.6) is 5.75 Å². The van der Waals surface area contributed by atoms with Gasteiger partial charge in [0.25, 0.3) is 0 Å². The van der Waals surface area contributed by atoms with E-state index in [0.29, 0.717) is 0 Å². The van der Waals surface area contributed by atoms with E-state index in [1.807, 2.05) is 0 Å². The van der Waals surface area contributed by atoms with Gasteiger partial charge in [0.15, 0.2) is 0 Å². The molecule has 1 aromatic carbocycles. The molecule has 1 unspecified atom stereocenters. The predicted octanol–water partition coefficient (Wildman–Crippen LogP) is -1.29. The van der Waals surface area contributed by atoms with Gasteiger partial charge in [-0.3, -0.25) is 0 Å². The first-order valence-corrected chi connectivity index (χ1v) is 7.59. The number of carbonyl (C=O) groups is 1. The van der Waals surface area contributed by atoms with E-state index in [0.717, 1.165) is 6.07 Å². The van der Waals surface area contributed by atoms with Gasteiger partial charge in [0.1, 0.15) is 41.9 Å². The summed E-state index contributed by atoms with van der Waals surface area (Å²) >= 11 is 0. The van der Waals surface area contributed by atoms with E-state index < -0.39 is 59.8 Å². The summed E-state index contributed by atoms with van der Waals surface area (Å²) in [5.41, 5.74) is -2.47. The van der Waals surface area contributed by atoms with E-state index in [1.165, 1.54) is 12.1 Å². The lowest BCUT2D eigenvalue weighted by Crippen LogP contribution is -2.56. The standard InChI is InChI=1S/C16H16O10/c17-4-8-11(19)12(20)13(21)14(25-8)10-9(15(22)23)6-2-1-5(18)3-7(6)26-16(10)24/h1-3,8,11-14,17-21H,4H2,(H,22,23)/t8-,11+,12+,13-,14?/m1/s1. The maximum atomic E-state index is 12.4. The Morgan fingerprint density at radius 3 is 2.42 bits per heavy atom. The van der Waals surface area contributed by atoms with Crippen LogP contribution in [0.3, 0.4) is 0 Å². The van der Waals surface area contributed by atoms with Crippen LogP contribution in [0.2, 0.25) is 0 Å². The number of benzene rings is 1. The SMILES string of the molecule is O=C(O)c1c(C2O[C@H](CO)[C@H](O)[C@H](O)[C@H]2O)c(=O)oc2cc(O)ccc12. The molecule has 1 saturated heterocycles. The second-order valence-electron chi connectivity index (χ2n) is 5.91. The van der Waals surface area contributed by atoms with Crippen LogP contribution in [0.4, 0.5) is 0 Å². The molecule has 0 aliphatic carbocycles. The monoisotopic (exact) mass is 368 g/mol. The van der Waals surface area contributed by atoms with Crippen molar-refractivity contribution in [1.82, 2.24) is 0 Å². The molecule has 1 fully saturated rings. The van der Waals surface area contributed by atoms with Crippen LogP contribution < -0.4 is 5.63 Å². The molecule has 0 amide bonds. The van der Waals surface area contributed by atoms with E-state index in [2.05, 4.69) is 0 Å². The van der Waals surface area contributed by atoms with Gasteiger partial charge in [0.2, 0.25) is 0 Å². The summed E-state index contributed by atoms with van der Waals surface area (Å²) < 4.78 is 10.3. The molecule has 0 bridgehead atoms. The van der Waals surface area contributed by atoms with Crippen molar-refractivity contribution < 1.29 is 44.6 Å². The van der Waals surface area contributed by atoms with E-state index in [-0.39, 0.29) is 16.7 Å². The van der Waals surface area contributed by atoms with E-state index in [9.17, 15) is 40.2 Å². The first-order chi connectivity index (χ1) is 12.3. The van der Waals surface area contributed by atoms with Crippen LogP contribution in [0, 0.1) is 0 Å². The van der Waals surface area contributed by atoms with Gasteiger partial charge in [-0.25, -0.2) is 9.59 Å². The highest BCUT2D eigenvalue weighted by atomic mass is 16.5. The van der Waals surface area contributed by atoms with Crippen LogP contribution in [0.1, 0.15) is 22.0 Å². The predicted molar refractivity (Wildman–Crippen MR) is 83.8 cm³/mol. The first kappa shape index (κ1) is 18.3. The Labute approximate surface area is 145 Å². The molecule has 3 rings (SSSR count). The number of carboxylic acids is 1. The third-order valence-corrected chi connectivity index (χ3v) is 4.32. The Hall–Kier alpha value is -2.50. The Bertz CT molecular complexity index is 902. The van der Waals surface area contributed by atoms with Crippen molar-refractivity contribution in [3.05, 3.63) is 39.7 Å². The second kappa shape index (κ2) is 6.67. The lowest BCUT2D eigenvalue weighted by atomic mass is 9.89. The Morgan fingerprint density at radius 1 is 1.12 bits per heavy atom.